The number of amides is 2. The number of likely N-dealkylation sites (tertiary alicyclic amines) is 1. The molecular formula is C20H29N3O5. The summed E-state index contributed by atoms with van der Waals surface area (Å²) in [5.41, 5.74) is 0.304. The fraction of sp³-hybridized carbons (Fsp3) is 0.600. The largest absolute Gasteiger partial charge is 0.444 e. The van der Waals surface area contributed by atoms with Crippen LogP contribution in [0.5, 0.6) is 0 Å². The number of piperidine rings is 1. The number of benzene rings is 1. The van der Waals surface area contributed by atoms with E-state index in [0.717, 1.165) is 12.8 Å². The molecule has 154 valence electrons. The number of non-ortho nitro benzene ring substituents is 1. The standard InChI is InChI=1S/C20H29N3O5/c1-13-8-9-15(23(26)27)11-16(13)18(24)22-10-6-7-14(2)17(22)12-21-19(25)28-20(3,4)5/h8-9,11,14,17H,6-7,10,12H2,1-5H3,(H,21,25)/t14-,17+/m1/s1. The summed E-state index contributed by atoms with van der Waals surface area (Å²) in [5, 5.41) is 13.8. The Kier molecular flexibility index (Phi) is 6.64. The minimum Gasteiger partial charge on any atom is -0.444 e. The van der Waals surface area contributed by atoms with Gasteiger partial charge in [0.25, 0.3) is 11.6 Å². The van der Waals surface area contributed by atoms with Gasteiger partial charge in [0, 0.05) is 30.8 Å². The molecule has 0 saturated carbocycles. The first kappa shape index (κ1) is 21.7. The van der Waals surface area contributed by atoms with Crippen LogP contribution in [0, 0.1) is 23.0 Å². The first-order valence-electron chi connectivity index (χ1n) is 9.52. The van der Waals surface area contributed by atoms with E-state index < -0.39 is 16.6 Å². The molecule has 1 heterocycles. The summed E-state index contributed by atoms with van der Waals surface area (Å²) in [6.07, 6.45) is 1.27. The molecule has 8 nitrogen and oxygen atoms in total. The molecule has 1 aliphatic rings. The normalized spacial score (nSPS) is 19.8. The van der Waals surface area contributed by atoms with Gasteiger partial charge in [-0.15, -0.1) is 0 Å². The summed E-state index contributed by atoms with van der Waals surface area (Å²) in [7, 11) is 0. The molecule has 2 amide bonds. The van der Waals surface area contributed by atoms with Crippen LogP contribution in [0.1, 0.15) is 56.5 Å². The Bertz CT molecular complexity index is 757. The van der Waals surface area contributed by atoms with Crippen molar-refractivity contribution in [2.24, 2.45) is 5.92 Å². The lowest BCUT2D eigenvalue weighted by atomic mass is 9.89. The highest BCUT2D eigenvalue weighted by Crippen LogP contribution is 2.27. The smallest absolute Gasteiger partial charge is 0.407 e. The van der Waals surface area contributed by atoms with Gasteiger partial charge in [-0.25, -0.2) is 4.79 Å². The molecule has 0 unspecified atom stereocenters. The first-order chi connectivity index (χ1) is 13.0. The van der Waals surface area contributed by atoms with Gasteiger partial charge in [0.05, 0.1) is 11.0 Å². The van der Waals surface area contributed by atoms with Crippen molar-refractivity contribution in [1.82, 2.24) is 10.2 Å². The number of nitrogens with one attached hydrogen (secondary N) is 1. The number of nitrogens with zero attached hydrogens (tertiary/aromatic N) is 2. The van der Waals surface area contributed by atoms with E-state index in [1.807, 2.05) is 6.92 Å². The first-order valence-corrected chi connectivity index (χ1v) is 9.52. The van der Waals surface area contributed by atoms with Crippen molar-refractivity contribution in [3.63, 3.8) is 0 Å². The lowest BCUT2D eigenvalue weighted by Gasteiger charge is -2.40. The highest BCUT2D eigenvalue weighted by atomic mass is 16.6. The predicted molar refractivity (Wildman–Crippen MR) is 105 cm³/mol. The number of nitro benzene ring substituents is 1. The molecule has 2 rings (SSSR count). The van der Waals surface area contributed by atoms with Crippen LogP contribution in [0.15, 0.2) is 18.2 Å². The molecule has 0 bridgehead atoms. The SMILES string of the molecule is Cc1ccc([N+](=O)[O-])cc1C(=O)N1CCC[C@@H](C)[C@@H]1CNC(=O)OC(C)(C)C. The van der Waals surface area contributed by atoms with E-state index in [2.05, 4.69) is 5.32 Å². The lowest BCUT2D eigenvalue weighted by molar-refractivity contribution is -0.384. The van der Waals surface area contributed by atoms with E-state index in [1.165, 1.54) is 12.1 Å². The van der Waals surface area contributed by atoms with Crippen LogP contribution >= 0.6 is 0 Å². The third-order valence-electron chi connectivity index (χ3n) is 4.89. The maximum atomic E-state index is 13.2. The van der Waals surface area contributed by atoms with Crippen molar-refractivity contribution in [1.29, 1.82) is 0 Å². The molecule has 2 atom stereocenters. The molecule has 1 aromatic rings. The second kappa shape index (κ2) is 8.58. The Morgan fingerprint density at radius 3 is 2.64 bits per heavy atom. The van der Waals surface area contributed by atoms with Crippen molar-refractivity contribution in [3.8, 4) is 0 Å². The maximum absolute atomic E-state index is 13.2. The number of hydrogen-bond acceptors (Lipinski definition) is 5. The minimum atomic E-state index is -0.599. The van der Waals surface area contributed by atoms with Crippen molar-refractivity contribution >= 4 is 17.7 Å². The molecule has 0 spiro atoms. The van der Waals surface area contributed by atoms with E-state index in [1.54, 1.807) is 38.7 Å². The summed E-state index contributed by atoms with van der Waals surface area (Å²) in [5.74, 6) is -0.0598. The summed E-state index contributed by atoms with van der Waals surface area (Å²) in [4.78, 5) is 37.5. The van der Waals surface area contributed by atoms with E-state index in [9.17, 15) is 19.7 Å². The van der Waals surface area contributed by atoms with Gasteiger partial charge in [0.15, 0.2) is 0 Å². The van der Waals surface area contributed by atoms with Crippen molar-refractivity contribution in [3.05, 3.63) is 39.4 Å². The molecule has 8 heteroatoms. The number of nitro groups is 1. The van der Waals surface area contributed by atoms with Gasteiger partial charge in [0.2, 0.25) is 0 Å². The number of carbonyl (C=O) groups excluding carboxylic acids is 2. The zero-order valence-electron chi connectivity index (χ0n) is 17.2. The molecule has 1 saturated heterocycles. The number of aryl methyl sites for hydroxylation is 1. The van der Waals surface area contributed by atoms with Gasteiger partial charge in [0.1, 0.15) is 5.60 Å². The predicted octanol–water partition coefficient (Wildman–Crippen LogP) is 3.67. The van der Waals surface area contributed by atoms with Gasteiger partial charge < -0.3 is 15.0 Å². The maximum Gasteiger partial charge on any atom is 0.407 e. The zero-order chi connectivity index (χ0) is 21.1. The average Bonchev–Trinajstić information content (AvgIpc) is 2.58. The monoisotopic (exact) mass is 391 g/mol. The van der Waals surface area contributed by atoms with Crippen molar-refractivity contribution in [2.75, 3.05) is 13.1 Å². The fourth-order valence-electron chi connectivity index (χ4n) is 3.42. The van der Waals surface area contributed by atoms with Gasteiger partial charge in [-0.05, 0) is 52.0 Å². The molecule has 0 aliphatic carbocycles. The van der Waals surface area contributed by atoms with Crippen molar-refractivity contribution in [2.45, 2.75) is 59.1 Å². The molecule has 0 radical (unpaired) electrons. The topological polar surface area (TPSA) is 102 Å². The number of alkyl carbamates (subject to hydrolysis) is 1. The average molecular weight is 391 g/mol. The van der Waals surface area contributed by atoms with E-state index in [0.29, 0.717) is 17.7 Å². The molecule has 1 aromatic carbocycles. The quantitative estimate of drug-likeness (QED) is 0.623. The molecule has 1 aliphatic heterocycles. The van der Waals surface area contributed by atoms with Crippen LogP contribution in [-0.4, -0.2) is 46.6 Å². The second-order valence-electron chi connectivity index (χ2n) is 8.32. The molecule has 0 aromatic heterocycles. The van der Waals surface area contributed by atoms with Gasteiger partial charge >= 0.3 is 6.09 Å². The minimum absolute atomic E-state index is 0.109. The second-order valence-corrected chi connectivity index (χ2v) is 8.32. The molecule has 1 fully saturated rings. The van der Waals surface area contributed by atoms with Crippen LogP contribution in [0.3, 0.4) is 0 Å². The van der Waals surface area contributed by atoms with Crippen LogP contribution in [0.2, 0.25) is 0 Å². The van der Waals surface area contributed by atoms with Crippen LogP contribution < -0.4 is 5.32 Å². The number of carbonyl (C=O) groups is 2. The third-order valence-corrected chi connectivity index (χ3v) is 4.89. The fourth-order valence-corrected chi connectivity index (χ4v) is 3.42. The third kappa shape index (κ3) is 5.43. The number of hydrogen-bond donors (Lipinski definition) is 1. The summed E-state index contributed by atoms with van der Waals surface area (Å²) < 4.78 is 5.28. The number of rotatable bonds is 4. The van der Waals surface area contributed by atoms with E-state index in [-0.39, 0.29) is 30.1 Å². The Morgan fingerprint density at radius 2 is 2.04 bits per heavy atom. The Balaban J connectivity index is 2.19. The van der Waals surface area contributed by atoms with Gasteiger partial charge in [-0.3, -0.25) is 14.9 Å². The van der Waals surface area contributed by atoms with Gasteiger partial charge in [-0.2, -0.15) is 0 Å². The lowest BCUT2D eigenvalue weighted by Crippen LogP contribution is -2.53. The number of ether oxygens (including phenoxy) is 1. The zero-order valence-corrected chi connectivity index (χ0v) is 17.2. The van der Waals surface area contributed by atoms with Crippen LogP contribution in [0.4, 0.5) is 10.5 Å². The van der Waals surface area contributed by atoms with Crippen molar-refractivity contribution < 1.29 is 19.2 Å². The summed E-state index contributed by atoms with van der Waals surface area (Å²) >= 11 is 0. The molecule has 28 heavy (non-hydrogen) atoms. The molecular weight excluding hydrogens is 362 g/mol. The van der Waals surface area contributed by atoms with E-state index >= 15 is 0 Å². The Hall–Kier alpha value is -2.64. The summed E-state index contributed by atoms with van der Waals surface area (Å²) in [6.45, 7) is 9.99. The molecule has 1 N–H and O–H groups in total. The Morgan fingerprint density at radius 1 is 1.36 bits per heavy atom. The highest BCUT2D eigenvalue weighted by molar-refractivity contribution is 5.96. The summed E-state index contributed by atoms with van der Waals surface area (Å²) in [6, 6.07) is 4.11. The van der Waals surface area contributed by atoms with E-state index in [4.69, 9.17) is 4.74 Å². The van der Waals surface area contributed by atoms with Crippen LogP contribution in [-0.2, 0) is 4.74 Å². The van der Waals surface area contributed by atoms with Gasteiger partial charge in [-0.1, -0.05) is 13.0 Å². The van der Waals surface area contributed by atoms with Crippen LogP contribution in [0.25, 0.3) is 0 Å². The Labute approximate surface area is 165 Å². The highest BCUT2D eigenvalue weighted by Gasteiger charge is 2.34.